The summed E-state index contributed by atoms with van der Waals surface area (Å²) in [6.45, 7) is 3.00. The number of halogens is 1. The molecule has 8 heteroatoms. The summed E-state index contributed by atoms with van der Waals surface area (Å²) in [5, 5.41) is 7.66. The Morgan fingerprint density at radius 1 is 1.07 bits per heavy atom. The van der Waals surface area contributed by atoms with Crippen molar-refractivity contribution >= 4 is 28.9 Å². The van der Waals surface area contributed by atoms with Gasteiger partial charge in [0.25, 0.3) is 11.5 Å². The third kappa shape index (κ3) is 4.69. The van der Waals surface area contributed by atoms with Crippen LogP contribution < -0.4 is 15.8 Å². The standard InChI is InChI=1S/C22H21ClN4O3/c23-17-6-8-20(26-10-12-30-13-11-26)19(14-17)24-22(29)18-7-9-21(28)27(25-18)15-16-4-2-1-3-5-16/h1-9,14H,10-13,15H2,(H,24,29). The van der Waals surface area contributed by atoms with Gasteiger partial charge in [0.15, 0.2) is 0 Å². The minimum Gasteiger partial charge on any atom is -0.378 e. The van der Waals surface area contributed by atoms with Gasteiger partial charge in [-0.1, -0.05) is 41.9 Å². The van der Waals surface area contributed by atoms with Crippen molar-refractivity contribution in [2.45, 2.75) is 6.54 Å². The highest BCUT2D eigenvalue weighted by molar-refractivity contribution is 6.31. The lowest BCUT2D eigenvalue weighted by Crippen LogP contribution is -2.36. The van der Waals surface area contributed by atoms with Gasteiger partial charge in [-0.25, -0.2) is 4.68 Å². The molecular weight excluding hydrogens is 404 g/mol. The summed E-state index contributed by atoms with van der Waals surface area (Å²) in [7, 11) is 0. The largest absolute Gasteiger partial charge is 0.378 e. The fraction of sp³-hybridized carbons (Fsp3) is 0.227. The van der Waals surface area contributed by atoms with Crippen molar-refractivity contribution in [1.29, 1.82) is 0 Å². The Labute approximate surface area is 178 Å². The maximum Gasteiger partial charge on any atom is 0.276 e. The van der Waals surface area contributed by atoms with Crippen LogP contribution in [0, 0.1) is 0 Å². The summed E-state index contributed by atoms with van der Waals surface area (Å²) < 4.78 is 6.69. The lowest BCUT2D eigenvalue weighted by atomic mass is 10.2. The predicted octanol–water partition coefficient (Wildman–Crippen LogP) is 3.03. The zero-order chi connectivity index (χ0) is 20.9. The molecule has 1 N–H and O–H groups in total. The summed E-state index contributed by atoms with van der Waals surface area (Å²) in [6.07, 6.45) is 0. The number of ether oxygens (including phenoxy) is 1. The van der Waals surface area contributed by atoms with E-state index in [1.54, 1.807) is 12.1 Å². The number of nitrogens with one attached hydrogen (secondary N) is 1. The molecule has 0 radical (unpaired) electrons. The third-order valence-electron chi connectivity index (χ3n) is 4.83. The summed E-state index contributed by atoms with van der Waals surface area (Å²) in [4.78, 5) is 27.2. The fourth-order valence-corrected chi connectivity index (χ4v) is 3.49. The summed E-state index contributed by atoms with van der Waals surface area (Å²) in [5.74, 6) is -0.409. The average molecular weight is 425 g/mol. The number of morpholine rings is 1. The smallest absolute Gasteiger partial charge is 0.276 e. The second kappa shape index (κ2) is 9.11. The first kappa shape index (κ1) is 20.1. The van der Waals surface area contributed by atoms with Crippen molar-refractivity contribution in [3.05, 3.63) is 87.3 Å². The highest BCUT2D eigenvalue weighted by Gasteiger charge is 2.18. The molecule has 154 valence electrons. The Bertz CT molecular complexity index is 1100. The zero-order valence-electron chi connectivity index (χ0n) is 16.3. The van der Waals surface area contributed by atoms with Gasteiger partial charge < -0.3 is 15.0 Å². The van der Waals surface area contributed by atoms with Crippen LogP contribution in [0.15, 0.2) is 65.5 Å². The van der Waals surface area contributed by atoms with E-state index >= 15 is 0 Å². The molecule has 1 saturated heterocycles. The van der Waals surface area contributed by atoms with Gasteiger partial charge in [0.05, 0.1) is 31.1 Å². The first-order chi connectivity index (χ1) is 14.6. The van der Waals surface area contributed by atoms with E-state index in [2.05, 4.69) is 15.3 Å². The molecule has 3 aromatic rings. The van der Waals surface area contributed by atoms with Gasteiger partial charge in [0.1, 0.15) is 5.69 Å². The highest BCUT2D eigenvalue weighted by atomic mass is 35.5. The van der Waals surface area contributed by atoms with Gasteiger partial charge in [-0.15, -0.1) is 0 Å². The number of carbonyl (C=O) groups is 1. The summed E-state index contributed by atoms with van der Waals surface area (Å²) >= 11 is 6.17. The number of aromatic nitrogens is 2. The zero-order valence-corrected chi connectivity index (χ0v) is 17.0. The Balaban J connectivity index is 1.58. The van der Waals surface area contributed by atoms with Gasteiger partial charge >= 0.3 is 0 Å². The molecule has 2 aromatic carbocycles. The molecule has 7 nitrogen and oxygen atoms in total. The number of anilines is 2. The fourth-order valence-electron chi connectivity index (χ4n) is 3.31. The predicted molar refractivity (Wildman–Crippen MR) is 116 cm³/mol. The van der Waals surface area contributed by atoms with Crippen LogP contribution in [0.2, 0.25) is 5.02 Å². The topological polar surface area (TPSA) is 76.5 Å². The maximum atomic E-state index is 12.9. The van der Waals surface area contributed by atoms with Crippen molar-refractivity contribution in [3.8, 4) is 0 Å². The maximum absolute atomic E-state index is 12.9. The number of amides is 1. The van der Waals surface area contributed by atoms with Gasteiger partial charge in [-0.3, -0.25) is 9.59 Å². The van der Waals surface area contributed by atoms with Gasteiger partial charge in [-0.2, -0.15) is 5.10 Å². The van der Waals surface area contributed by atoms with Crippen LogP contribution in [0.4, 0.5) is 11.4 Å². The molecule has 0 saturated carbocycles. The van der Waals surface area contributed by atoms with E-state index in [0.29, 0.717) is 23.9 Å². The minimum atomic E-state index is -0.409. The average Bonchev–Trinajstić information content (AvgIpc) is 2.77. The number of hydrogen-bond acceptors (Lipinski definition) is 5. The van der Waals surface area contributed by atoms with Gasteiger partial charge in [0.2, 0.25) is 0 Å². The molecule has 0 bridgehead atoms. The molecule has 0 atom stereocenters. The van der Waals surface area contributed by atoms with Crippen LogP contribution in [0.25, 0.3) is 0 Å². The van der Waals surface area contributed by atoms with Crippen molar-refractivity contribution < 1.29 is 9.53 Å². The highest BCUT2D eigenvalue weighted by Crippen LogP contribution is 2.30. The molecule has 4 rings (SSSR count). The molecule has 0 unspecified atom stereocenters. The Hall–Kier alpha value is -3.16. The molecule has 1 aliphatic rings. The van der Waals surface area contributed by atoms with Crippen molar-refractivity contribution in [3.63, 3.8) is 0 Å². The van der Waals surface area contributed by atoms with E-state index in [0.717, 1.165) is 24.3 Å². The van der Waals surface area contributed by atoms with E-state index in [4.69, 9.17) is 16.3 Å². The van der Waals surface area contributed by atoms with E-state index in [1.165, 1.54) is 16.8 Å². The Morgan fingerprint density at radius 3 is 2.60 bits per heavy atom. The first-order valence-corrected chi connectivity index (χ1v) is 10.0. The normalized spacial score (nSPS) is 13.8. The number of nitrogens with zero attached hydrogens (tertiary/aromatic N) is 3. The SMILES string of the molecule is O=C(Nc1cc(Cl)ccc1N1CCOCC1)c1ccc(=O)n(Cc2ccccc2)n1. The molecule has 0 spiro atoms. The molecule has 0 aliphatic carbocycles. The number of rotatable bonds is 5. The lowest BCUT2D eigenvalue weighted by Gasteiger charge is -2.30. The van der Waals surface area contributed by atoms with Crippen LogP contribution in [0.1, 0.15) is 16.1 Å². The Kier molecular flexibility index (Phi) is 6.11. The number of carbonyl (C=O) groups excluding carboxylic acids is 1. The van der Waals surface area contributed by atoms with Crippen molar-refractivity contribution in [2.75, 3.05) is 36.5 Å². The molecule has 1 amide bonds. The van der Waals surface area contributed by atoms with Crippen LogP contribution in [0.3, 0.4) is 0 Å². The molecule has 1 fully saturated rings. The third-order valence-corrected chi connectivity index (χ3v) is 5.07. The van der Waals surface area contributed by atoms with Crippen LogP contribution in [-0.4, -0.2) is 42.0 Å². The second-order valence-electron chi connectivity index (χ2n) is 6.92. The summed E-state index contributed by atoms with van der Waals surface area (Å²) in [6, 6.07) is 17.7. The second-order valence-corrected chi connectivity index (χ2v) is 7.35. The molecular formula is C22H21ClN4O3. The van der Waals surface area contributed by atoms with E-state index in [-0.39, 0.29) is 17.8 Å². The molecule has 1 aliphatic heterocycles. The summed E-state index contributed by atoms with van der Waals surface area (Å²) in [5.41, 5.74) is 2.27. The minimum absolute atomic E-state index is 0.151. The van der Waals surface area contributed by atoms with Crippen molar-refractivity contribution in [2.24, 2.45) is 0 Å². The molecule has 30 heavy (non-hydrogen) atoms. The van der Waals surface area contributed by atoms with Gasteiger partial charge in [-0.05, 0) is 29.8 Å². The van der Waals surface area contributed by atoms with Crippen LogP contribution in [0.5, 0.6) is 0 Å². The Morgan fingerprint density at radius 2 is 1.83 bits per heavy atom. The quantitative estimate of drug-likeness (QED) is 0.681. The number of hydrogen-bond donors (Lipinski definition) is 1. The van der Waals surface area contributed by atoms with Crippen molar-refractivity contribution in [1.82, 2.24) is 9.78 Å². The van der Waals surface area contributed by atoms with E-state index in [1.807, 2.05) is 36.4 Å². The molecule has 2 heterocycles. The monoisotopic (exact) mass is 424 g/mol. The van der Waals surface area contributed by atoms with E-state index in [9.17, 15) is 9.59 Å². The number of benzene rings is 2. The lowest BCUT2D eigenvalue weighted by molar-refractivity contribution is 0.102. The first-order valence-electron chi connectivity index (χ1n) is 9.66. The van der Waals surface area contributed by atoms with Gasteiger partial charge in [0, 0.05) is 24.2 Å². The van der Waals surface area contributed by atoms with E-state index < -0.39 is 5.91 Å². The van der Waals surface area contributed by atoms with Crippen LogP contribution >= 0.6 is 11.6 Å². The van der Waals surface area contributed by atoms with Crippen LogP contribution in [-0.2, 0) is 11.3 Å². The molecule has 1 aromatic heterocycles.